The summed E-state index contributed by atoms with van der Waals surface area (Å²) in [6, 6.07) is 0. The van der Waals surface area contributed by atoms with Crippen molar-refractivity contribution in [2.75, 3.05) is 6.61 Å². The highest BCUT2D eigenvalue weighted by molar-refractivity contribution is 5.79. The molecule has 0 saturated heterocycles. The van der Waals surface area contributed by atoms with Crippen molar-refractivity contribution in [3.8, 4) is 0 Å². The van der Waals surface area contributed by atoms with Gasteiger partial charge in [-0.1, -0.05) is 27.2 Å². The predicted molar refractivity (Wildman–Crippen MR) is 60.6 cm³/mol. The number of hydrogen-bond acceptors (Lipinski definition) is 3. The lowest BCUT2D eigenvalue weighted by Gasteiger charge is -2.32. The Labute approximate surface area is 92.8 Å². The van der Waals surface area contributed by atoms with Crippen LogP contribution < -0.4 is 0 Å². The number of aliphatic hydroxyl groups is 1. The fraction of sp³-hybridized carbons (Fsp3) is 0.917. The molecule has 1 unspecified atom stereocenters. The molecule has 0 rings (SSSR count). The minimum atomic E-state index is -1.28. The molecule has 0 aromatic carbocycles. The molecule has 90 valence electrons. The zero-order valence-electron chi connectivity index (χ0n) is 10.4. The number of esters is 1. The van der Waals surface area contributed by atoms with E-state index in [4.69, 9.17) is 4.74 Å². The summed E-state index contributed by atoms with van der Waals surface area (Å²) in [4.78, 5) is 11.7. The van der Waals surface area contributed by atoms with Crippen LogP contribution in [0.2, 0.25) is 0 Å². The Balaban J connectivity index is 4.76. The maximum Gasteiger partial charge on any atom is 0.338 e. The number of ether oxygens (including phenoxy) is 1. The van der Waals surface area contributed by atoms with Crippen LogP contribution in [-0.2, 0) is 9.53 Å². The second kappa shape index (κ2) is 6.83. The van der Waals surface area contributed by atoms with Crippen molar-refractivity contribution in [2.45, 2.75) is 59.0 Å². The number of hydrogen-bond donors (Lipinski definition) is 1. The molecule has 0 saturated carbocycles. The first-order chi connectivity index (χ1) is 7.06. The van der Waals surface area contributed by atoms with E-state index in [1.807, 2.05) is 20.8 Å². The van der Waals surface area contributed by atoms with E-state index in [2.05, 4.69) is 0 Å². The van der Waals surface area contributed by atoms with Crippen LogP contribution in [0.3, 0.4) is 0 Å². The van der Waals surface area contributed by atoms with Gasteiger partial charge in [-0.3, -0.25) is 0 Å². The van der Waals surface area contributed by atoms with Gasteiger partial charge in [0.2, 0.25) is 0 Å². The van der Waals surface area contributed by atoms with Crippen LogP contribution in [0.1, 0.15) is 53.4 Å². The molecule has 0 aromatic heterocycles. The van der Waals surface area contributed by atoms with Crippen molar-refractivity contribution < 1.29 is 14.6 Å². The van der Waals surface area contributed by atoms with E-state index >= 15 is 0 Å². The van der Waals surface area contributed by atoms with Crippen molar-refractivity contribution in [2.24, 2.45) is 5.92 Å². The summed E-state index contributed by atoms with van der Waals surface area (Å²) in [5.41, 5.74) is -1.28. The van der Waals surface area contributed by atoms with Crippen molar-refractivity contribution in [3.63, 3.8) is 0 Å². The molecule has 0 bridgehead atoms. The highest BCUT2D eigenvalue weighted by atomic mass is 16.5. The SMILES string of the molecule is CCCC(O)(C(=O)OCC)C(CC)CC. The van der Waals surface area contributed by atoms with E-state index in [0.717, 1.165) is 19.3 Å². The van der Waals surface area contributed by atoms with Gasteiger partial charge in [-0.05, 0) is 32.1 Å². The van der Waals surface area contributed by atoms with Gasteiger partial charge in [0.15, 0.2) is 5.60 Å². The van der Waals surface area contributed by atoms with Crippen LogP contribution in [-0.4, -0.2) is 23.3 Å². The summed E-state index contributed by atoms with van der Waals surface area (Å²) < 4.78 is 4.96. The second-order valence-electron chi connectivity index (χ2n) is 3.91. The average Bonchev–Trinajstić information content (AvgIpc) is 2.20. The Kier molecular flexibility index (Phi) is 6.57. The molecule has 0 aliphatic rings. The largest absolute Gasteiger partial charge is 0.464 e. The minimum Gasteiger partial charge on any atom is -0.464 e. The molecule has 0 aliphatic carbocycles. The van der Waals surface area contributed by atoms with E-state index in [9.17, 15) is 9.90 Å². The normalized spacial score (nSPS) is 15.1. The molecular formula is C12H24O3. The molecule has 1 atom stereocenters. The predicted octanol–water partition coefficient (Wildman–Crippen LogP) is 2.52. The summed E-state index contributed by atoms with van der Waals surface area (Å²) in [7, 11) is 0. The number of rotatable bonds is 7. The van der Waals surface area contributed by atoms with E-state index < -0.39 is 11.6 Å². The molecule has 0 aliphatic heterocycles. The fourth-order valence-corrected chi connectivity index (χ4v) is 2.07. The molecule has 1 N–H and O–H groups in total. The lowest BCUT2D eigenvalue weighted by atomic mass is 9.80. The maximum atomic E-state index is 11.7. The first-order valence-corrected chi connectivity index (χ1v) is 5.96. The van der Waals surface area contributed by atoms with Gasteiger partial charge in [-0.15, -0.1) is 0 Å². The van der Waals surface area contributed by atoms with Gasteiger partial charge < -0.3 is 9.84 Å². The smallest absolute Gasteiger partial charge is 0.338 e. The first kappa shape index (κ1) is 14.4. The third-order valence-electron chi connectivity index (χ3n) is 2.92. The standard InChI is InChI=1S/C12H24O3/c1-5-9-12(14,10(6-2)7-3)11(13)15-8-4/h10,14H,5-9H2,1-4H3. The van der Waals surface area contributed by atoms with Crippen molar-refractivity contribution in [3.05, 3.63) is 0 Å². The Morgan fingerprint density at radius 3 is 2.13 bits per heavy atom. The second-order valence-corrected chi connectivity index (χ2v) is 3.91. The molecule has 3 nitrogen and oxygen atoms in total. The maximum absolute atomic E-state index is 11.7. The van der Waals surface area contributed by atoms with Gasteiger partial charge in [0.1, 0.15) is 0 Å². The van der Waals surface area contributed by atoms with Gasteiger partial charge >= 0.3 is 5.97 Å². The van der Waals surface area contributed by atoms with Crippen LogP contribution in [0, 0.1) is 5.92 Å². The summed E-state index contributed by atoms with van der Waals surface area (Å²) in [6.45, 7) is 8.04. The van der Waals surface area contributed by atoms with Gasteiger partial charge in [-0.25, -0.2) is 4.79 Å². The third kappa shape index (κ3) is 3.49. The summed E-state index contributed by atoms with van der Waals surface area (Å²) in [5, 5.41) is 10.4. The molecule has 0 spiro atoms. The molecule has 15 heavy (non-hydrogen) atoms. The minimum absolute atomic E-state index is 0.00324. The van der Waals surface area contributed by atoms with E-state index in [-0.39, 0.29) is 5.92 Å². The van der Waals surface area contributed by atoms with Crippen LogP contribution in [0.5, 0.6) is 0 Å². The molecule has 0 fully saturated rings. The first-order valence-electron chi connectivity index (χ1n) is 5.96. The molecule has 0 amide bonds. The third-order valence-corrected chi connectivity index (χ3v) is 2.92. The molecule has 0 aromatic rings. The van der Waals surface area contributed by atoms with Gasteiger partial charge in [0.05, 0.1) is 6.61 Å². The Hall–Kier alpha value is -0.570. The molecular weight excluding hydrogens is 192 g/mol. The topological polar surface area (TPSA) is 46.5 Å². The molecule has 0 radical (unpaired) electrons. The van der Waals surface area contributed by atoms with Crippen molar-refractivity contribution in [1.82, 2.24) is 0 Å². The van der Waals surface area contributed by atoms with Crippen molar-refractivity contribution in [1.29, 1.82) is 0 Å². The fourth-order valence-electron chi connectivity index (χ4n) is 2.07. The van der Waals surface area contributed by atoms with Crippen molar-refractivity contribution >= 4 is 5.97 Å². The quantitative estimate of drug-likeness (QED) is 0.665. The number of carbonyl (C=O) groups excluding carboxylic acids is 1. The Morgan fingerprint density at radius 1 is 1.27 bits per heavy atom. The van der Waals surface area contributed by atoms with E-state index in [0.29, 0.717) is 13.0 Å². The molecule has 0 heterocycles. The summed E-state index contributed by atoms with van der Waals surface area (Å²) >= 11 is 0. The van der Waals surface area contributed by atoms with Crippen LogP contribution in [0.25, 0.3) is 0 Å². The van der Waals surface area contributed by atoms with Gasteiger partial charge in [-0.2, -0.15) is 0 Å². The van der Waals surface area contributed by atoms with E-state index in [1.165, 1.54) is 0 Å². The Morgan fingerprint density at radius 2 is 1.80 bits per heavy atom. The lowest BCUT2D eigenvalue weighted by molar-refractivity contribution is -0.173. The monoisotopic (exact) mass is 216 g/mol. The van der Waals surface area contributed by atoms with Crippen LogP contribution in [0.4, 0.5) is 0 Å². The lowest BCUT2D eigenvalue weighted by Crippen LogP contribution is -2.46. The zero-order chi connectivity index (χ0) is 11.9. The van der Waals surface area contributed by atoms with Crippen LogP contribution in [0.15, 0.2) is 0 Å². The highest BCUT2D eigenvalue weighted by Gasteiger charge is 2.42. The van der Waals surface area contributed by atoms with Gasteiger partial charge in [0.25, 0.3) is 0 Å². The molecule has 3 heteroatoms. The van der Waals surface area contributed by atoms with E-state index in [1.54, 1.807) is 6.92 Å². The van der Waals surface area contributed by atoms with Crippen LogP contribution >= 0.6 is 0 Å². The summed E-state index contributed by atoms with van der Waals surface area (Å²) in [6.07, 6.45) is 2.86. The number of carbonyl (C=O) groups is 1. The zero-order valence-corrected chi connectivity index (χ0v) is 10.4. The summed E-state index contributed by atoms with van der Waals surface area (Å²) in [5.74, 6) is -0.461. The average molecular weight is 216 g/mol. The Bertz CT molecular complexity index is 187. The van der Waals surface area contributed by atoms with Gasteiger partial charge in [0, 0.05) is 0 Å². The highest BCUT2D eigenvalue weighted by Crippen LogP contribution is 2.30.